The van der Waals surface area contributed by atoms with E-state index in [1.807, 2.05) is 6.20 Å². The standard InChI is InChI=1S/C17H20BrN3O/c18-11-7-5-10(6-8-11)16-15-14(9-19-17(15)22)20-12-3-1-2-4-13(12)21-16/h5-9,12-13,16,19-22H,1-4H2/t12-,13-,16-/m1/s1. The monoisotopic (exact) mass is 361 g/mol. The summed E-state index contributed by atoms with van der Waals surface area (Å²) in [5, 5.41) is 17.7. The van der Waals surface area contributed by atoms with Crippen LogP contribution in [0.5, 0.6) is 5.88 Å². The van der Waals surface area contributed by atoms with Crippen LogP contribution in [0.4, 0.5) is 5.69 Å². The summed E-state index contributed by atoms with van der Waals surface area (Å²) in [4.78, 5) is 2.96. The summed E-state index contributed by atoms with van der Waals surface area (Å²) in [5.74, 6) is 0.251. The molecule has 1 aliphatic heterocycles. The molecule has 5 heteroatoms. The number of aromatic amines is 1. The fourth-order valence-corrected chi connectivity index (χ4v) is 4.02. The van der Waals surface area contributed by atoms with E-state index >= 15 is 0 Å². The number of aromatic nitrogens is 1. The van der Waals surface area contributed by atoms with Crippen LogP contribution in [-0.4, -0.2) is 22.2 Å². The third-order valence-corrected chi connectivity index (χ3v) is 5.41. The van der Waals surface area contributed by atoms with Gasteiger partial charge in [-0.25, -0.2) is 0 Å². The highest BCUT2D eigenvalue weighted by atomic mass is 79.9. The van der Waals surface area contributed by atoms with Crippen molar-refractivity contribution < 1.29 is 5.11 Å². The summed E-state index contributed by atoms with van der Waals surface area (Å²) in [6.45, 7) is 0. The van der Waals surface area contributed by atoms with Crippen LogP contribution in [0, 0.1) is 0 Å². The molecule has 0 saturated heterocycles. The number of anilines is 1. The molecule has 0 unspecified atom stereocenters. The molecule has 0 spiro atoms. The zero-order chi connectivity index (χ0) is 15.1. The Labute approximate surface area is 138 Å². The Kier molecular flexibility index (Phi) is 3.62. The molecular weight excluding hydrogens is 342 g/mol. The summed E-state index contributed by atoms with van der Waals surface area (Å²) < 4.78 is 1.07. The van der Waals surface area contributed by atoms with Crippen molar-refractivity contribution in [2.75, 3.05) is 5.32 Å². The Bertz CT molecular complexity index is 667. The van der Waals surface area contributed by atoms with Gasteiger partial charge in [0.25, 0.3) is 0 Å². The van der Waals surface area contributed by atoms with Crippen molar-refractivity contribution in [3.63, 3.8) is 0 Å². The molecule has 22 heavy (non-hydrogen) atoms. The van der Waals surface area contributed by atoms with Crippen molar-refractivity contribution in [3.8, 4) is 5.88 Å². The topological polar surface area (TPSA) is 60.1 Å². The number of hydrogen-bond donors (Lipinski definition) is 4. The summed E-state index contributed by atoms with van der Waals surface area (Å²) in [6.07, 6.45) is 6.78. The Morgan fingerprint density at radius 3 is 2.55 bits per heavy atom. The van der Waals surface area contributed by atoms with E-state index in [0.717, 1.165) is 15.7 Å². The molecule has 1 aliphatic carbocycles. The summed E-state index contributed by atoms with van der Waals surface area (Å²) in [5.41, 5.74) is 3.12. The fraction of sp³-hybridized carbons (Fsp3) is 0.412. The lowest BCUT2D eigenvalue weighted by Gasteiger charge is -2.33. The molecule has 4 rings (SSSR count). The molecule has 116 valence electrons. The molecule has 4 nitrogen and oxygen atoms in total. The number of benzene rings is 1. The van der Waals surface area contributed by atoms with Gasteiger partial charge in [0.2, 0.25) is 0 Å². The van der Waals surface area contributed by atoms with Gasteiger partial charge in [0.05, 0.1) is 17.3 Å². The van der Waals surface area contributed by atoms with Gasteiger partial charge < -0.3 is 20.7 Å². The molecule has 0 amide bonds. The Morgan fingerprint density at radius 2 is 1.77 bits per heavy atom. The molecule has 0 radical (unpaired) electrons. The maximum absolute atomic E-state index is 10.3. The lowest BCUT2D eigenvalue weighted by molar-refractivity contribution is 0.331. The van der Waals surface area contributed by atoms with Gasteiger partial charge in [-0.1, -0.05) is 40.9 Å². The van der Waals surface area contributed by atoms with E-state index in [2.05, 4.69) is 55.8 Å². The first kappa shape index (κ1) is 14.2. The average molecular weight is 362 g/mol. The number of halogens is 1. The quantitative estimate of drug-likeness (QED) is 0.622. The van der Waals surface area contributed by atoms with Crippen LogP contribution in [0.15, 0.2) is 34.9 Å². The molecular formula is C17H20BrN3O. The van der Waals surface area contributed by atoms with Crippen LogP contribution >= 0.6 is 15.9 Å². The molecule has 2 aliphatic rings. The van der Waals surface area contributed by atoms with E-state index in [9.17, 15) is 5.11 Å². The summed E-state index contributed by atoms with van der Waals surface area (Å²) >= 11 is 3.49. The van der Waals surface area contributed by atoms with Crippen LogP contribution in [0.2, 0.25) is 0 Å². The lowest BCUT2D eigenvalue weighted by atomic mass is 9.89. The van der Waals surface area contributed by atoms with E-state index in [4.69, 9.17) is 0 Å². The second-order valence-corrected chi connectivity index (χ2v) is 7.17. The van der Waals surface area contributed by atoms with Crippen molar-refractivity contribution in [1.82, 2.24) is 10.3 Å². The van der Waals surface area contributed by atoms with E-state index in [1.165, 1.54) is 31.2 Å². The maximum Gasteiger partial charge on any atom is 0.195 e. The van der Waals surface area contributed by atoms with Crippen LogP contribution in [0.1, 0.15) is 42.9 Å². The lowest BCUT2D eigenvalue weighted by Crippen LogP contribution is -2.45. The third-order valence-electron chi connectivity index (χ3n) is 4.88. The molecule has 1 fully saturated rings. The number of fused-ring (bicyclic) bond motifs is 2. The molecule has 1 aromatic carbocycles. The van der Waals surface area contributed by atoms with E-state index in [0.29, 0.717) is 12.1 Å². The van der Waals surface area contributed by atoms with Crippen molar-refractivity contribution >= 4 is 21.6 Å². The van der Waals surface area contributed by atoms with Crippen LogP contribution in [0.25, 0.3) is 0 Å². The first-order valence-corrected chi connectivity index (χ1v) is 8.70. The molecule has 0 bridgehead atoms. The van der Waals surface area contributed by atoms with Gasteiger partial charge in [0.15, 0.2) is 5.88 Å². The van der Waals surface area contributed by atoms with Crippen LogP contribution in [0.3, 0.4) is 0 Å². The predicted octanol–water partition coefficient (Wildman–Crippen LogP) is 3.90. The van der Waals surface area contributed by atoms with E-state index in [-0.39, 0.29) is 11.9 Å². The van der Waals surface area contributed by atoms with Gasteiger partial charge in [-0.15, -0.1) is 0 Å². The van der Waals surface area contributed by atoms with Crippen molar-refractivity contribution in [1.29, 1.82) is 0 Å². The maximum atomic E-state index is 10.3. The van der Waals surface area contributed by atoms with Crippen molar-refractivity contribution in [3.05, 3.63) is 46.1 Å². The zero-order valence-corrected chi connectivity index (χ0v) is 13.9. The van der Waals surface area contributed by atoms with Gasteiger partial charge in [-0.2, -0.15) is 0 Å². The zero-order valence-electron chi connectivity index (χ0n) is 12.3. The number of rotatable bonds is 1. The largest absolute Gasteiger partial charge is 0.494 e. The van der Waals surface area contributed by atoms with Crippen molar-refractivity contribution in [2.45, 2.75) is 43.8 Å². The SMILES string of the molecule is Oc1[nH]cc2c1[C@@H](c1ccc(Br)cc1)N[C@@H]1CCCC[C@H]1N2. The Balaban J connectivity index is 1.77. The smallest absolute Gasteiger partial charge is 0.195 e. The highest BCUT2D eigenvalue weighted by molar-refractivity contribution is 9.10. The Hall–Kier alpha value is -1.46. The summed E-state index contributed by atoms with van der Waals surface area (Å²) in [7, 11) is 0. The van der Waals surface area contributed by atoms with Gasteiger partial charge in [-0.3, -0.25) is 0 Å². The average Bonchev–Trinajstić information content (AvgIpc) is 2.79. The van der Waals surface area contributed by atoms with Gasteiger partial charge in [0.1, 0.15) is 0 Å². The molecule has 3 atom stereocenters. The molecule has 1 saturated carbocycles. The second kappa shape index (κ2) is 5.63. The molecule has 4 N–H and O–H groups in total. The Morgan fingerprint density at radius 1 is 1.05 bits per heavy atom. The minimum absolute atomic E-state index is 0.00921. The molecule has 2 heterocycles. The van der Waals surface area contributed by atoms with Crippen LogP contribution < -0.4 is 10.6 Å². The summed E-state index contributed by atoms with van der Waals surface area (Å²) in [6, 6.07) is 9.21. The number of H-pyrrole nitrogens is 1. The van der Waals surface area contributed by atoms with E-state index in [1.54, 1.807) is 0 Å². The highest BCUT2D eigenvalue weighted by Crippen LogP contribution is 2.40. The second-order valence-electron chi connectivity index (χ2n) is 6.26. The number of nitrogens with one attached hydrogen (secondary N) is 3. The number of hydrogen-bond acceptors (Lipinski definition) is 3. The van der Waals surface area contributed by atoms with Crippen molar-refractivity contribution in [2.24, 2.45) is 0 Å². The minimum Gasteiger partial charge on any atom is -0.494 e. The third kappa shape index (κ3) is 2.42. The first-order chi connectivity index (χ1) is 10.7. The van der Waals surface area contributed by atoms with E-state index < -0.39 is 0 Å². The highest BCUT2D eigenvalue weighted by Gasteiger charge is 2.34. The van der Waals surface area contributed by atoms with Gasteiger partial charge in [0, 0.05) is 22.8 Å². The van der Waals surface area contributed by atoms with Gasteiger partial charge >= 0.3 is 0 Å². The van der Waals surface area contributed by atoms with Crippen LogP contribution in [-0.2, 0) is 0 Å². The molecule has 1 aromatic heterocycles. The predicted molar refractivity (Wildman–Crippen MR) is 91.2 cm³/mol. The first-order valence-electron chi connectivity index (χ1n) is 7.90. The fourth-order valence-electron chi connectivity index (χ4n) is 3.75. The minimum atomic E-state index is 0.00921. The normalized spacial score (nSPS) is 27.4. The molecule has 2 aromatic rings. The number of aromatic hydroxyl groups is 1. The van der Waals surface area contributed by atoms with Gasteiger partial charge in [-0.05, 0) is 30.5 Å².